The number of aryl methyl sites for hydroxylation is 1. The van der Waals surface area contributed by atoms with Gasteiger partial charge in [0.2, 0.25) is 0 Å². The third-order valence-corrected chi connectivity index (χ3v) is 3.27. The molecule has 0 unspecified atom stereocenters. The van der Waals surface area contributed by atoms with Crippen LogP contribution in [-0.2, 0) is 4.74 Å². The second kappa shape index (κ2) is 8.50. The molecule has 1 aromatic rings. The van der Waals surface area contributed by atoms with Crippen molar-refractivity contribution in [2.45, 2.75) is 13.3 Å². The van der Waals surface area contributed by atoms with E-state index in [1.807, 2.05) is 18.2 Å². The number of rotatable bonds is 8. The zero-order valence-corrected chi connectivity index (χ0v) is 12.0. The van der Waals surface area contributed by atoms with Crippen LogP contribution in [-0.4, -0.2) is 33.4 Å². The molecule has 0 amide bonds. The summed E-state index contributed by atoms with van der Waals surface area (Å²) in [5.74, 6) is 0.933. The second-order valence-electron chi connectivity index (χ2n) is 3.86. The van der Waals surface area contributed by atoms with Gasteiger partial charge in [0.05, 0.1) is 13.2 Å². The predicted octanol–water partition coefficient (Wildman–Crippen LogP) is 2.76. The second-order valence-corrected chi connectivity index (χ2v) is 4.71. The summed E-state index contributed by atoms with van der Waals surface area (Å²) in [7, 11) is 1.71. The molecule has 0 spiro atoms. The fourth-order valence-electron chi connectivity index (χ4n) is 1.39. The van der Waals surface area contributed by atoms with E-state index in [9.17, 15) is 0 Å². The van der Waals surface area contributed by atoms with E-state index < -0.39 is 0 Å². The molecular weight excluding hydrogens is 282 g/mol. The molecule has 3 nitrogen and oxygen atoms in total. The number of hydrogen-bond donors (Lipinski definition) is 1. The molecule has 0 radical (unpaired) electrons. The van der Waals surface area contributed by atoms with Crippen molar-refractivity contribution in [2.75, 3.05) is 33.4 Å². The normalized spacial score (nSPS) is 10.5. The van der Waals surface area contributed by atoms with Crippen LogP contribution < -0.4 is 10.1 Å². The first kappa shape index (κ1) is 14.5. The Morgan fingerprint density at radius 1 is 1.24 bits per heavy atom. The van der Waals surface area contributed by atoms with Crippen molar-refractivity contribution in [3.8, 4) is 5.75 Å². The van der Waals surface area contributed by atoms with Crippen molar-refractivity contribution in [2.24, 2.45) is 0 Å². The van der Waals surface area contributed by atoms with Gasteiger partial charge in [0.25, 0.3) is 0 Å². The van der Waals surface area contributed by atoms with Crippen molar-refractivity contribution in [1.29, 1.82) is 0 Å². The zero-order chi connectivity index (χ0) is 12.5. The first-order valence-corrected chi connectivity index (χ1v) is 6.62. The largest absolute Gasteiger partial charge is 0.494 e. The van der Waals surface area contributed by atoms with E-state index in [-0.39, 0.29) is 0 Å². The molecular formula is C13H20BrNO2. The molecule has 96 valence electrons. The third-order valence-electron chi connectivity index (χ3n) is 2.38. The van der Waals surface area contributed by atoms with Crippen LogP contribution in [0.5, 0.6) is 5.75 Å². The summed E-state index contributed by atoms with van der Waals surface area (Å²) < 4.78 is 11.7. The molecule has 1 N–H and O–H groups in total. The Hall–Kier alpha value is -0.580. The Morgan fingerprint density at radius 2 is 2.06 bits per heavy atom. The summed E-state index contributed by atoms with van der Waals surface area (Å²) >= 11 is 3.47. The molecule has 0 saturated carbocycles. The Morgan fingerprint density at radius 3 is 2.76 bits per heavy atom. The number of benzene rings is 1. The van der Waals surface area contributed by atoms with Gasteiger partial charge >= 0.3 is 0 Å². The van der Waals surface area contributed by atoms with Gasteiger partial charge in [-0.05, 0) is 43.7 Å². The highest BCUT2D eigenvalue weighted by atomic mass is 79.9. The summed E-state index contributed by atoms with van der Waals surface area (Å²) in [4.78, 5) is 0. The van der Waals surface area contributed by atoms with Crippen molar-refractivity contribution in [1.82, 2.24) is 5.32 Å². The number of ether oxygens (including phenoxy) is 2. The van der Waals surface area contributed by atoms with Gasteiger partial charge in [-0.15, -0.1) is 0 Å². The van der Waals surface area contributed by atoms with E-state index in [1.165, 1.54) is 5.56 Å². The van der Waals surface area contributed by atoms with Crippen LogP contribution >= 0.6 is 15.9 Å². The van der Waals surface area contributed by atoms with E-state index in [4.69, 9.17) is 9.47 Å². The minimum atomic E-state index is 0.737. The quantitative estimate of drug-likeness (QED) is 0.749. The van der Waals surface area contributed by atoms with E-state index >= 15 is 0 Å². The molecule has 0 aliphatic carbocycles. The Labute approximate surface area is 112 Å². The van der Waals surface area contributed by atoms with Crippen molar-refractivity contribution in [3.05, 3.63) is 28.2 Å². The summed E-state index contributed by atoms with van der Waals surface area (Å²) in [5, 5.41) is 3.28. The summed E-state index contributed by atoms with van der Waals surface area (Å²) in [6.07, 6.45) is 0.999. The van der Waals surface area contributed by atoms with Gasteiger partial charge < -0.3 is 14.8 Å². The molecule has 0 aromatic heterocycles. The maximum absolute atomic E-state index is 5.66. The summed E-state index contributed by atoms with van der Waals surface area (Å²) in [6, 6.07) is 6.04. The lowest BCUT2D eigenvalue weighted by Crippen LogP contribution is -2.21. The van der Waals surface area contributed by atoms with E-state index in [0.717, 1.165) is 42.9 Å². The lowest BCUT2D eigenvalue weighted by atomic mass is 10.2. The van der Waals surface area contributed by atoms with Crippen LogP contribution in [0.3, 0.4) is 0 Å². The number of methoxy groups -OCH3 is 1. The monoisotopic (exact) mass is 301 g/mol. The van der Waals surface area contributed by atoms with Crippen LogP contribution in [0.1, 0.15) is 12.0 Å². The average Bonchev–Trinajstić information content (AvgIpc) is 2.32. The first-order chi connectivity index (χ1) is 8.24. The smallest absolute Gasteiger partial charge is 0.119 e. The highest BCUT2D eigenvalue weighted by Crippen LogP contribution is 2.21. The first-order valence-electron chi connectivity index (χ1n) is 5.82. The van der Waals surface area contributed by atoms with Crippen molar-refractivity contribution < 1.29 is 9.47 Å². The summed E-state index contributed by atoms with van der Waals surface area (Å²) in [5.41, 5.74) is 1.20. The Balaban J connectivity index is 2.11. The van der Waals surface area contributed by atoms with Gasteiger partial charge in [-0.2, -0.15) is 0 Å². The van der Waals surface area contributed by atoms with Crippen LogP contribution in [0, 0.1) is 6.92 Å². The molecule has 1 aromatic carbocycles. The molecule has 17 heavy (non-hydrogen) atoms. The van der Waals surface area contributed by atoms with Gasteiger partial charge in [0.15, 0.2) is 0 Å². The van der Waals surface area contributed by atoms with E-state index in [2.05, 4.69) is 28.2 Å². The number of nitrogens with one attached hydrogen (secondary N) is 1. The minimum Gasteiger partial charge on any atom is -0.494 e. The molecule has 0 aliphatic rings. The van der Waals surface area contributed by atoms with Crippen LogP contribution in [0.4, 0.5) is 0 Å². The van der Waals surface area contributed by atoms with Gasteiger partial charge in [-0.25, -0.2) is 0 Å². The lowest BCUT2D eigenvalue weighted by molar-refractivity contribution is 0.198. The zero-order valence-electron chi connectivity index (χ0n) is 10.5. The maximum Gasteiger partial charge on any atom is 0.119 e. The average molecular weight is 302 g/mol. The van der Waals surface area contributed by atoms with Crippen molar-refractivity contribution in [3.63, 3.8) is 0 Å². The molecule has 0 atom stereocenters. The molecule has 0 bridgehead atoms. The predicted molar refractivity (Wildman–Crippen MR) is 73.7 cm³/mol. The number of hydrogen-bond acceptors (Lipinski definition) is 3. The fourth-order valence-corrected chi connectivity index (χ4v) is 1.64. The molecule has 0 heterocycles. The highest BCUT2D eigenvalue weighted by molar-refractivity contribution is 9.10. The topological polar surface area (TPSA) is 30.5 Å². The lowest BCUT2D eigenvalue weighted by Gasteiger charge is -2.08. The van der Waals surface area contributed by atoms with E-state index in [0.29, 0.717) is 0 Å². The van der Waals surface area contributed by atoms with Crippen molar-refractivity contribution >= 4 is 15.9 Å². The highest BCUT2D eigenvalue weighted by Gasteiger charge is 1.97. The Kier molecular flexibility index (Phi) is 7.24. The van der Waals surface area contributed by atoms with Crippen LogP contribution in [0.15, 0.2) is 22.7 Å². The standard InChI is InChI=1S/C13H20BrNO2/c1-11-10-12(4-5-13(11)14)17-8-3-6-15-7-9-16-2/h4-5,10,15H,3,6-9H2,1-2H3. The molecule has 0 fully saturated rings. The van der Waals surface area contributed by atoms with Gasteiger partial charge in [0.1, 0.15) is 5.75 Å². The molecule has 1 rings (SSSR count). The van der Waals surface area contributed by atoms with Crippen LogP contribution in [0.25, 0.3) is 0 Å². The number of halogens is 1. The molecule has 0 saturated heterocycles. The van der Waals surface area contributed by atoms with Gasteiger partial charge in [-0.3, -0.25) is 0 Å². The Bertz CT molecular complexity index is 331. The van der Waals surface area contributed by atoms with E-state index in [1.54, 1.807) is 7.11 Å². The maximum atomic E-state index is 5.66. The summed E-state index contributed by atoms with van der Waals surface area (Å²) in [6.45, 7) is 5.41. The fraction of sp³-hybridized carbons (Fsp3) is 0.538. The third kappa shape index (κ3) is 6.05. The SMILES string of the molecule is COCCNCCCOc1ccc(Br)c(C)c1. The minimum absolute atomic E-state index is 0.737. The van der Waals surface area contributed by atoms with Gasteiger partial charge in [-0.1, -0.05) is 15.9 Å². The van der Waals surface area contributed by atoms with Gasteiger partial charge in [0, 0.05) is 18.1 Å². The molecule has 0 aliphatic heterocycles. The molecule has 4 heteroatoms. The van der Waals surface area contributed by atoms with Crippen LogP contribution in [0.2, 0.25) is 0 Å².